The van der Waals surface area contributed by atoms with E-state index in [0.29, 0.717) is 6.54 Å². The molecule has 0 saturated heterocycles. The lowest BCUT2D eigenvalue weighted by Crippen LogP contribution is -2.29. The molecule has 2 N–H and O–H groups in total. The number of allylic oxidation sites excluding steroid dienone is 1. The largest absolute Gasteiger partial charge is 0.405 e. The van der Waals surface area contributed by atoms with Gasteiger partial charge in [-0.15, -0.1) is 0 Å². The molecule has 0 aromatic rings. The average molecular weight is 236 g/mol. The molecule has 0 aromatic heterocycles. The van der Waals surface area contributed by atoms with Gasteiger partial charge in [0, 0.05) is 19.2 Å². The lowest BCUT2D eigenvalue weighted by Gasteiger charge is -2.16. The maximum atomic E-state index is 11.9. The number of carbonyl (C=O) groups is 1. The van der Waals surface area contributed by atoms with Crippen LogP contribution < -0.4 is 5.73 Å². The molecule has 1 amide bonds. The highest BCUT2D eigenvalue weighted by Gasteiger charge is 2.14. The first-order valence-electron chi connectivity index (χ1n) is 6.63. The van der Waals surface area contributed by atoms with E-state index in [0.717, 1.165) is 25.8 Å². The van der Waals surface area contributed by atoms with E-state index >= 15 is 0 Å². The summed E-state index contributed by atoms with van der Waals surface area (Å²) in [6.45, 7) is 3.68. The fourth-order valence-corrected chi connectivity index (χ4v) is 2.11. The fraction of sp³-hybridized carbons (Fsp3) is 0.643. The highest BCUT2D eigenvalue weighted by atomic mass is 16.2. The van der Waals surface area contributed by atoms with Crippen molar-refractivity contribution in [2.24, 2.45) is 5.73 Å². The van der Waals surface area contributed by atoms with Crippen LogP contribution in [0.15, 0.2) is 23.9 Å². The van der Waals surface area contributed by atoms with Crippen molar-refractivity contribution >= 4 is 5.91 Å². The van der Waals surface area contributed by atoms with Crippen LogP contribution >= 0.6 is 0 Å². The van der Waals surface area contributed by atoms with Gasteiger partial charge in [-0.3, -0.25) is 4.79 Å². The van der Waals surface area contributed by atoms with Gasteiger partial charge in [-0.1, -0.05) is 25.3 Å². The Morgan fingerprint density at radius 1 is 1.47 bits per heavy atom. The molecular formula is C14H24N2O. The van der Waals surface area contributed by atoms with Crippen LogP contribution in [0.1, 0.15) is 45.4 Å². The van der Waals surface area contributed by atoms with Crippen molar-refractivity contribution in [3.63, 3.8) is 0 Å². The van der Waals surface area contributed by atoms with Crippen LogP contribution in [-0.4, -0.2) is 23.9 Å². The molecule has 0 radical (unpaired) electrons. The summed E-state index contributed by atoms with van der Waals surface area (Å²) < 4.78 is 0. The monoisotopic (exact) mass is 236 g/mol. The number of amides is 1. The van der Waals surface area contributed by atoms with Gasteiger partial charge in [-0.05, 0) is 38.0 Å². The molecule has 3 heteroatoms. The van der Waals surface area contributed by atoms with E-state index in [2.05, 4.69) is 6.92 Å². The van der Waals surface area contributed by atoms with Gasteiger partial charge >= 0.3 is 0 Å². The molecule has 0 saturated carbocycles. The summed E-state index contributed by atoms with van der Waals surface area (Å²) in [5.74, 6) is 0.145. The zero-order valence-electron chi connectivity index (χ0n) is 10.8. The zero-order valence-corrected chi connectivity index (χ0v) is 10.8. The second-order valence-corrected chi connectivity index (χ2v) is 4.58. The maximum absolute atomic E-state index is 11.9. The molecule has 0 atom stereocenters. The van der Waals surface area contributed by atoms with E-state index in [1.165, 1.54) is 31.0 Å². The molecule has 1 heterocycles. The van der Waals surface area contributed by atoms with Gasteiger partial charge in [0.1, 0.15) is 0 Å². The molecule has 96 valence electrons. The van der Waals surface area contributed by atoms with Crippen molar-refractivity contribution in [1.29, 1.82) is 0 Å². The predicted octanol–water partition coefficient (Wildman–Crippen LogP) is 2.59. The Morgan fingerprint density at radius 3 is 3.00 bits per heavy atom. The lowest BCUT2D eigenvalue weighted by atomic mass is 10.0. The minimum Gasteiger partial charge on any atom is -0.405 e. The zero-order chi connectivity index (χ0) is 12.5. The highest BCUT2D eigenvalue weighted by Crippen LogP contribution is 2.18. The van der Waals surface area contributed by atoms with Gasteiger partial charge < -0.3 is 10.6 Å². The molecule has 0 unspecified atom stereocenters. The summed E-state index contributed by atoms with van der Waals surface area (Å²) in [6.07, 6.45) is 12.1. The minimum atomic E-state index is 0.145. The highest BCUT2D eigenvalue weighted by molar-refractivity contribution is 5.88. The summed E-state index contributed by atoms with van der Waals surface area (Å²) in [4.78, 5) is 13.8. The number of carbonyl (C=O) groups excluding carboxylic acids is 1. The molecule has 1 aliphatic rings. The van der Waals surface area contributed by atoms with Crippen molar-refractivity contribution in [3.8, 4) is 0 Å². The number of hydrogen-bond donors (Lipinski definition) is 1. The second-order valence-electron chi connectivity index (χ2n) is 4.58. The third-order valence-corrected chi connectivity index (χ3v) is 3.13. The lowest BCUT2D eigenvalue weighted by molar-refractivity contribution is -0.125. The summed E-state index contributed by atoms with van der Waals surface area (Å²) in [5.41, 5.74) is 6.63. The number of nitrogens with zero attached hydrogens (tertiary/aromatic N) is 1. The summed E-state index contributed by atoms with van der Waals surface area (Å²) in [6, 6.07) is 0. The maximum Gasteiger partial charge on any atom is 0.246 e. The van der Waals surface area contributed by atoms with Crippen LogP contribution in [0, 0.1) is 0 Å². The van der Waals surface area contributed by atoms with Crippen molar-refractivity contribution in [2.45, 2.75) is 45.4 Å². The van der Waals surface area contributed by atoms with Crippen molar-refractivity contribution in [2.75, 3.05) is 13.1 Å². The Kier molecular flexibility index (Phi) is 6.45. The molecule has 0 fully saturated rings. The quantitative estimate of drug-likeness (QED) is 0.720. The van der Waals surface area contributed by atoms with E-state index in [4.69, 9.17) is 5.73 Å². The smallest absolute Gasteiger partial charge is 0.246 e. The molecule has 0 aliphatic carbocycles. The summed E-state index contributed by atoms with van der Waals surface area (Å²) in [7, 11) is 0. The standard InChI is InChI=1S/C14H24N2O/c1-2-3-4-7-13-8-5-10-16(11-6-9-15)14(17)12-13/h6,9,12H,2-5,7-8,10-11,15H2,1H3. The first kappa shape index (κ1) is 13.8. The SMILES string of the molecule is CCCCCC1=CC(=O)N(CC=CN)CCC1. The predicted molar refractivity (Wildman–Crippen MR) is 71.4 cm³/mol. The number of unbranched alkanes of at least 4 members (excludes halogenated alkanes) is 2. The van der Waals surface area contributed by atoms with Crippen LogP contribution in [0.4, 0.5) is 0 Å². The van der Waals surface area contributed by atoms with Crippen molar-refractivity contribution in [3.05, 3.63) is 23.9 Å². The van der Waals surface area contributed by atoms with Crippen molar-refractivity contribution < 1.29 is 4.79 Å². The number of nitrogens with two attached hydrogens (primary N) is 1. The number of hydrogen-bond acceptors (Lipinski definition) is 2. The van der Waals surface area contributed by atoms with Crippen LogP contribution in [0.2, 0.25) is 0 Å². The van der Waals surface area contributed by atoms with Crippen molar-refractivity contribution in [1.82, 2.24) is 4.90 Å². The third kappa shape index (κ3) is 5.07. The number of rotatable bonds is 6. The molecule has 0 aromatic carbocycles. The molecule has 0 spiro atoms. The van der Waals surface area contributed by atoms with Gasteiger partial charge in [0.2, 0.25) is 5.91 Å². The molecule has 3 nitrogen and oxygen atoms in total. The van der Waals surface area contributed by atoms with Crippen LogP contribution in [0.3, 0.4) is 0 Å². The van der Waals surface area contributed by atoms with Gasteiger partial charge in [0.05, 0.1) is 0 Å². The Hall–Kier alpha value is -1.25. The van der Waals surface area contributed by atoms with E-state index in [1.54, 1.807) is 0 Å². The Labute approximate surface area is 104 Å². The minimum absolute atomic E-state index is 0.145. The van der Waals surface area contributed by atoms with Gasteiger partial charge in [-0.25, -0.2) is 0 Å². The topological polar surface area (TPSA) is 46.3 Å². The first-order chi connectivity index (χ1) is 8.27. The molecule has 17 heavy (non-hydrogen) atoms. The summed E-state index contributed by atoms with van der Waals surface area (Å²) in [5, 5.41) is 0. The molecule has 1 aliphatic heterocycles. The van der Waals surface area contributed by atoms with Gasteiger partial charge in [-0.2, -0.15) is 0 Å². The Morgan fingerprint density at radius 2 is 2.29 bits per heavy atom. The Balaban J connectivity index is 2.49. The van der Waals surface area contributed by atoms with Gasteiger partial charge in [0.25, 0.3) is 0 Å². The third-order valence-electron chi connectivity index (χ3n) is 3.13. The molecule has 1 rings (SSSR count). The summed E-state index contributed by atoms with van der Waals surface area (Å²) >= 11 is 0. The second kappa shape index (κ2) is 7.93. The van der Waals surface area contributed by atoms with E-state index < -0.39 is 0 Å². The Bertz CT molecular complexity index is 295. The normalized spacial score (nSPS) is 17.4. The fourth-order valence-electron chi connectivity index (χ4n) is 2.11. The van der Waals surface area contributed by atoms with Gasteiger partial charge in [0.15, 0.2) is 0 Å². The van der Waals surface area contributed by atoms with Crippen LogP contribution in [-0.2, 0) is 4.79 Å². The molecule has 0 bridgehead atoms. The van der Waals surface area contributed by atoms with E-state index in [1.807, 2.05) is 17.1 Å². The van der Waals surface area contributed by atoms with E-state index in [-0.39, 0.29) is 5.91 Å². The van der Waals surface area contributed by atoms with Crippen LogP contribution in [0.25, 0.3) is 0 Å². The van der Waals surface area contributed by atoms with E-state index in [9.17, 15) is 4.79 Å². The van der Waals surface area contributed by atoms with Crippen LogP contribution in [0.5, 0.6) is 0 Å². The average Bonchev–Trinajstić information content (AvgIpc) is 2.49. The molecular weight excluding hydrogens is 212 g/mol. The first-order valence-corrected chi connectivity index (χ1v) is 6.63.